The van der Waals surface area contributed by atoms with E-state index in [1.807, 2.05) is 25.1 Å². The molecule has 0 saturated carbocycles. The van der Waals surface area contributed by atoms with E-state index < -0.39 is 0 Å². The highest BCUT2D eigenvalue weighted by Gasteiger charge is 2.30. The number of ether oxygens (including phenoxy) is 1. The molecule has 1 aromatic carbocycles. The van der Waals surface area contributed by atoms with Gasteiger partial charge in [0, 0.05) is 12.6 Å². The van der Waals surface area contributed by atoms with Crippen LogP contribution in [0.1, 0.15) is 12.0 Å². The molecule has 1 saturated heterocycles. The quantitative estimate of drug-likeness (QED) is 0.844. The van der Waals surface area contributed by atoms with Crippen LogP contribution in [0.15, 0.2) is 18.2 Å². The van der Waals surface area contributed by atoms with Gasteiger partial charge in [-0.05, 0) is 37.6 Å². The van der Waals surface area contributed by atoms with Crippen LogP contribution < -0.4 is 20.7 Å². The van der Waals surface area contributed by atoms with Gasteiger partial charge in [-0.2, -0.15) is 0 Å². The lowest BCUT2D eigenvalue weighted by molar-refractivity contribution is 0.250. The lowest BCUT2D eigenvalue weighted by Gasteiger charge is -2.18. The Kier molecular flexibility index (Phi) is 3.72. The molecule has 3 N–H and O–H groups in total. The van der Waals surface area contributed by atoms with E-state index in [1.54, 1.807) is 12.0 Å². The number of nitrogens with one attached hydrogen (secondary N) is 1. The standard InChI is InChI=1S/C13H19N3O2/c1-9-3-4-12(18-2)11(7-9)16-8-10(5-6-14)15-13(16)17/h3-4,7,10H,5-6,8,14H2,1-2H3,(H,15,17). The van der Waals surface area contributed by atoms with Gasteiger partial charge >= 0.3 is 6.03 Å². The number of nitrogens with zero attached hydrogens (tertiary/aromatic N) is 1. The van der Waals surface area contributed by atoms with E-state index in [4.69, 9.17) is 10.5 Å². The van der Waals surface area contributed by atoms with Crippen LogP contribution in [-0.4, -0.2) is 32.3 Å². The van der Waals surface area contributed by atoms with Crippen molar-refractivity contribution in [3.8, 4) is 5.75 Å². The zero-order chi connectivity index (χ0) is 13.1. The van der Waals surface area contributed by atoms with Crippen LogP contribution in [-0.2, 0) is 0 Å². The van der Waals surface area contributed by atoms with E-state index in [2.05, 4.69) is 5.32 Å². The molecule has 0 bridgehead atoms. The fourth-order valence-electron chi connectivity index (χ4n) is 2.18. The normalized spacial score (nSPS) is 18.9. The smallest absolute Gasteiger partial charge is 0.322 e. The Labute approximate surface area is 107 Å². The summed E-state index contributed by atoms with van der Waals surface area (Å²) < 4.78 is 5.31. The van der Waals surface area contributed by atoms with Crippen molar-refractivity contribution in [2.75, 3.05) is 25.1 Å². The van der Waals surface area contributed by atoms with Crippen LogP contribution in [0.2, 0.25) is 0 Å². The first-order valence-corrected chi connectivity index (χ1v) is 6.08. The number of aryl methyl sites for hydroxylation is 1. The van der Waals surface area contributed by atoms with Crippen LogP contribution in [0, 0.1) is 6.92 Å². The second kappa shape index (κ2) is 5.27. The number of amides is 2. The summed E-state index contributed by atoms with van der Waals surface area (Å²) in [5.74, 6) is 0.712. The van der Waals surface area contributed by atoms with E-state index in [9.17, 15) is 4.79 Å². The molecule has 1 aliphatic rings. The second-order valence-corrected chi connectivity index (χ2v) is 4.51. The number of methoxy groups -OCH3 is 1. The van der Waals surface area contributed by atoms with Gasteiger partial charge in [0.25, 0.3) is 0 Å². The number of anilines is 1. The summed E-state index contributed by atoms with van der Waals surface area (Å²) in [5, 5.41) is 2.93. The zero-order valence-electron chi connectivity index (χ0n) is 10.8. The summed E-state index contributed by atoms with van der Waals surface area (Å²) in [6.45, 7) is 3.20. The van der Waals surface area contributed by atoms with Crippen molar-refractivity contribution < 1.29 is 9.53 Å². The van der Waals surface area contributed by atoms with Gasteiger partial charge in [-0.15, -0.1) is 0 Å². The monoisotopic (exact) mass is 249 g/mol. The molecule has 98 valence electrons. The van der Waals surface area contributed by atoms with Gasteiger partial charge in [0.2, 0.25) is 0 Å². The molecule has 2 amide bonds. The molecule has 1 aromatic rings. The number of benzene rings is 1. The fraction of sp³-hybridized carbons (Fsp3) is 0.462. The van der Waals surface area contributed by atoms with Gasteiger partial charge in [-0.1, -0.05) is 6.07 Å². The third-order valence-electron chi connectivity index (χ3n) is 3.12. The molecule has 1 unspecified atom stereocenters. The molecule has 1 atom stereocenters. The van der Waals surface area contributed by atoms with E-state index in [1.165, 1.54) is 0 Å². The highest BCUT2D eigenvalue weighted by Crippen LogP contribution is 2.31. The molecule has 0 spiro atoms. The van der Waals surface area contributed by atoms with E-state index in [0.717, 1.165) is 17.7 Å². The maximum absolute atomic E-state index is 12.0. The number of carbonyl (C=O) groups excluding carboxylic acids is 1. The first-order chi connectivity index (χ1) is 8.65. The number of hydrogen-bond acceptors (Lipinski definition) is 3. The summed E-state index contributed by atoms with van der Waals surface area (Å²) in [6, 6.07) is 5.84. The average Bonchev–Trinajstić information content (AvgIpc) is 2.70. The molecule has 1 heterocycles. The lowest BCUT2D eigenvalue weighted by atomic mass is 10.1. The van der Waals surface area contributed by atoms with Crippen molar-refractivity contribution >= 4 is 11.7 Å². The first kappa shape index (κ1) is 12.7. The molecule has 5 nitrogen and oxygen atoms in total. The molecular formula is C13H19N3O2. The Morgan fingerprint density at radius 3 is 3.00 bits per heavy atom. The summed E-state index contributed by atoms with van der Waals surface area (Å²) in [7, 11) is 1.61. The maximum atomic E-state index is 12.0. The predicted octanol–water partition coefficient (Wildman–Crippen LogP) is 1.25. The van der Waals surface area contributed by atoms with Crippen LogP contribution in [0.25, 0.3) is 0 Å². The molecule has 1 aliphatic heterocycles. The second-order valence-electron chi connectivity index (χ2n) is 4.51. The Morgan fingerprint density at radius 1 is 1.56 bits per heavy atom. The van der Waals surface area contributed by atoms with Crippen molar-refractivity contribution in [3.63, 3.8) is 0 Å². The van der Waals surface area contributed by atoms with Crippen LogP contribution in [0.5, 0.6) is 5.75 Å². The highest BCUT2D eigenvalue weighted by molar-refractivity contribution is 5.96. The van der Waals surface area contributed by atoms with Crippen molar-refractivity contribution in [2.24, 2.45) is 5.73 Å². The number of rotatable bonds is 4. The third-order valence-corrected chi connectivity index (χ3v) is 3.12. The molecule has 5 heteroatoms. The van der Waals surface area contributed by atoms with Gasteiger partial charge in [0.1, 0.15) is 5.75 Å². The van der Waals surface area contributed by atoms with Crippen molar-refractivity contribution in [2.45, 2.75) is 19.4 Å². The first-order valence-electron chi connectivity index (χ1n) is 6.08. The summed E-state index contributed by atoms with van der Waals surface area (Å²) in [6.07, 6.45) is 0.788. The molecule has 2 rings (SSSR count). The van der Waals surface area contributed by atoms with Crippen molar-refractivity contribution in [1.82, 2.24) is 5.32 Å². The average molecular weight is 249 g/mol. The van der Waals surface area contributed by atoms with E-state index in [-0.39, 0.29) is 12.1 Å². The highest BCUT2D eigenvalue weighted by atomic mass is 16.5. The molecule has 18 heavy (non-hydrogen) atoms. The van der Waals surface area contributed by atoms with Crippen LogP contribution in [0.4, 0.5) is 10.5 Å². The van der Waals surface area contributed by atoms with Crippen molar-refractivity contribution in [3.05, 3.63) is 23.8 Å². The van der Waals surface area contributed by atoms with Gasteiger partial charge in [0.15, 0.2) is 0 Å². The Bertz CT molecular complexity index is 448. The predicted molar refractivity (Wildman–Crippen MR) is 71.1 cm³/mol. The maximum Gasteiger partial charge on any atom is 0.322 e. The third kappa shape index (κ3) is 2.41. The summed E-state index contributed by atoms with van der Waals surface area (Å²) in [5.41, 5.74) is 7.44. The van der Waals surface area contributed by atoms with E-state index >= 15 is 0 Å². The SMILES string of the molecule is COc1ccc(C)cc1N1CC(CCN)NC1=O. The molecule has 0 aromatic heterocycles. The van der Waals surface area contributed by atoms with Crippen LogP contribution in [0.3, 0.4) is 0 Å². The minimum Gasteiger partial charge on any atom is -0.495 e. The molecule has 1 fully saturated rings. The van der Waals surface area contributed by atoms with Gasteiger partial charge < -0.3 is 15.8 Å². The number of carbonyl (C=O) groups is 1. The molecule has 0 radical (unpaired) electrons. The van der Waals surface area contributed by atoms with Gasteiger partial charge in [-0.3, -0.25) is 4.90 Å². The minimum absolute atomic E-state index is 0.0858. The summed E-state index contributed by atoms with van der Waals surface area (Å²) >= 11 is 0. The van der Waals surface area contributed by atoms with E-state index in [0.29, 0.717) is 18.8 Å². The topological polar surface area (TPSA) is 67.6 Å². The summed E-state index contributed by atoms with van der Waals surface area (Å²) in [4.78, 5) is 13.7. The van der Waals surface area contributed by atoms with Gasteiger partial charge in [0.05, 0.1) is 12.8 Å². The molecular weight excluding hydrogens is 230 g/mol. The van der Waals surface area contributed by atoms with Crippen LogP contribution >= 0.6 is 0 Å². The lowest BCUT2D eigenvalue weighted by Crippen LogP contribution is -2.29. The Balaban J connectivity index is 2.26. The van der Waals surface area contributed by atoms with Crippen molar-refractivity contribution in [1.29, 1.82) is 0 Å². The Hall–Kier alpha value is -1.75. The number of urea groups is 1. The molecule has 0 aliphatic carbocycles. The zero-order valence-corrected chi connectivity index (χ0v) is 10.8. The number of hydrogen-bond donors (Lipinski definition) is 2. The Morgan fingerprint density at radius 2 is 2.33 bits per heavy atom. The minimum atomic E-state index is -0.0858. The largest absolute Gasteiger partial charge is 0.495 e. The van der Waals surface area contributed by atoms with Gasteiger partial charge in [-0.25, -0.2) is 4.79 Å². The number of nitrogens with two attached hydrogens (primary N) is 1. The fourth-order valence-corrected chi connectivity index (χ4v) is 2.18.